The highest BCUT2D eigenvalue weighted by molar-refractivity contribution is 9.10. The van der Waals surface area contributed by atoms with E-state index < -0.39 is 0 Å². The van der Waals surface area contributed by atoms with Crippen LogP contribution in [0.2, 0.25) is 0 Å². The van der Waals surface area contributed by atoms with Gasteiger partial charge in [0.15, 0.2) is 0 Å². The Morgan fingerprint density at radius 1 is 1.44 bits per heavy atom. The first-order valence-electron chi connectivity index (χ1n) is 4.63. The lowest BCUT2D eigenvalue weighted by atomic mass is 10.2. The Labute approximate surface area is 105 Å². The summed E-state index contributed by atoms with van der Waals surface area (Å²) in [6, 6.07) is 4.67. The highest BCUT2D eigenvalue weighted by atomic mass is 79.9. The summed E-state index contributed by atoms with van der Waals surface area (Å²) < 4.78 is 13.7. The molecule has 0 aliphatic carbocycles. The van der Waals surface area contributed by atoms with Crippen molar-refractivity contribution in [3.05, 3.63) is 33.5 Å². The summed E-state index contributed by atoms with van der Waals surface area (Å²) in [5.41, 5.74) is 6.39. The molecular formula is C10H9BrFN3S. The van der Waals surface area contributed by atoms with E-state index in [0.29, 0.717) is 15.0 Å². The van der Waals surface area contributed by atoms with Crippen molar-refractivity contribution in [1.82, 2.24) is 10.2 Å². The predicted molar refractivity (Wildman–Crippen MR) is 65.6 cm³/mol. The Morgan fingerprint density at radius 2 is 2.19 bits per heavy atom. The number of halogens is 2. The van der Waals surface area contributed by atoms with Crippen LogP contribution in [0.25, 0.3) is 10.6 Å². The Morgan fingerprint density at radius 3 is 2.81 bits per heavy atom. The van der Waals surface area contributed by atoms with Gasteiger partial charge >= 0.3 is 0 Å². The van der Waals surface area contributed by atoms with Crippen LogP contribution in [0.5, 0.6) is 0 Å². The molecule has 0 amide bonds. The quantitative estimate of drug-likeness (QED) is 0.927. The molecule has 1 aromatic carbocycles. The Bertz CT molecular complexity index is 513. The van der Waals surface area contributed by atoms with E-state index in [4.69, 9.17) is 5.73 Å². The lowest BCUT2D eigenvalue weighted by molar-refractivity contribution is 0.621. The van der Waals surface area contributed by atoms with Crippen LogP contribution in [-0.4, -0.2) is 10.2 Å². The topological polar surface area (TPSA) is 51.8 Å². The van der Waals surface area contributed by atoms with Gasteiger partial charge < -0.3 is 5.73 Å². The molecule has 0 aliphatic rings. The molecule has 0 aliphatic heterocycles. The molecule has 0 bridgehead atoms. The van der Waals surface area contributed by atoms with Gasteiger partial charge in [0.2, 0.25) is 0 Å². The number of nitrogens with zero attached hydrogens (tertiary/aromatic N) is 2. The third-order valence-corrected chi connectivity index (χ3v) is 3.98. The summed E-state index contributed by atoms with van der Waals surface area (Å²) in [7, 11) is 0. The number of aromatic nitrogens is 2. The first-order valence-corrected chi connectivity index (χ1v) is 6.24. The zero-order chi connectivity index (χ0) is 11.7. The van der Waals surface area contributed by atoms with E-state index in [9.17, 15) is 4.39 Å². The minimum Gasteiger partial charge on any atom is -0.322 e. The van der Waals surface area contributed by atoms with Gasteiger partial charge in [-0.3, -0.25) is 0 Å². The van der Waals surface area contributed by atoms with Crippen LogP contribution in [0.15, 0.2) is 22.7 Å². The van der Waals surface area contributed by atoms with Crippen LogP contribution in [-0.2, 0) is 0 Å². The zero-order valence-electron chi connectivity index (χ0n) is 8.45. The molecule has 2 aromatic rings. The second-order valence-electron chi connectivity index (χ2n) is 3.34. The zero-order valence-corrected chi connectivity index (χ0v) is 10.8. The highest BCUT2D eigenvalue weighted by Gasteiger charge is 2.13. The summed E-state index contributed by atoms with van der Waals surface area (Å²) in [4.78, 5) is 0. The van der Waals surface area contributed by atoms with Crippen LogP contribution >= 0.6 is 27.3 Å². The molecule has 3 nitrogen and oxygen atoms in total. The van der Waals surface area contributed by atoms with Gasteiger partial charge in [-0.1, -0.05) is 23.5 Å². The van der Waals surface area contributed by atoms with E-state index in [0.717, 1.165) is 5.01 Å². The molecule has 1 atom stereocenters. The van der Waals surface area contributed by atoms with Gasteiger partial charge in [-0.25, -0.2) is 4.39 Å². The van der Waals surface area contributed by atoms with Crippen LogP contribution in [0.1, 0.15) is 18.0 Å². The van der Waals surface area contributed by atoms with Gasteiger partial charge in [0, 0.05) is 5.56 Å². The van der Waals surface area contributed by atoms with Gasteiger partial charge in [0.25, 0.3) is 0 Å². The van der Waals surface area contributed by atoms with Gasteiger partial charge in [0.05, 0.1) is 10.5 Å². The molecule has 6 heteroatoms. The molecule has 0 saturated heterocycles. The highest BCUT2D eigenvalue weighted by Crippen LogP contribution is 2.33. The van der Waals surface area contributed by atoms with Crippen molar-refractivity contribution in [3.8, 4) is 10.6 Å². The van der Waals surface area contributed by atoms with Gasteiger partial charge in [-0.05, 0) is 28.9 Å². The van der Waals surface area contributed by atoms with Crippen LogP contribution in [0, 0.1) is 5.82 Å². The monoisotopic (exact) mass is 301 g/mol. The lowest BCUT2D eigenvalue weighted by Crippen LogP contribution is -2.03. The molecule has 0 spiro atoms. The average Bonchev–Trinajstić information content (AvgIpc) is 2.71. The minimum atomic E-state index is -0.310. The van der Waals surface area contributed by atoms with Crippen molar-refractivity contribution in [2.24, 2.45) is 5.73 Å². The van der Waals surface area contributed by atoms with Crippen LogP contribution < -0.4 is 5.73 Å². The Kier molecular flexibility index (Phi) is 3.32. The van der Waals surface area contributed by atoms with Crippen molar-refractivity contribution in [3.63, 3.8) is 0 Å². The van der Waals surface area contributed by atoms with Crippen molar-refractivity contribution < 1.29 is 4.39 Å². The molecule has 1 aromatic heterocycles. The average molecular weight is 302 g/mol. The van der Waals surface area contributed by atoms with Crippen molar-refractivity contribution >= 4 is 27.3 Å². The molecule has 16 heavy (non-hydrogen) atoms. The van der Waals surface area contributed by atoms with Crippen molar-refractivity contribution in [2.45, 2.75) is 13.0 Å². The molecular weight excluding hydrogens is 293 g/mol. The fraction of sp³-hybridized carbons (Fsp3) is 0.200. The molecule has 0 fully saturated rings. The van der Waals surface area contributed by atoms with Crippen LogP contribution in [0.3, 0.4) is 0 Å². The predicted octanol–water partition coefficient (Wildman–Crippen LogP) is 3.13. The van der Waals surface area contributed by atoms with Crippen LogP contribution in [0.4, 0.5) is 4.39 Å². The maximum atomic E-state index is 13.3. The van der Waals surface area contributed by atoms with Crippen molar-refractivity contribution in [2.75, 3.05) is 0 Å². The maximum absolute atomic E-state index is 13.3. The molecule has 2 N–H and O–H groups in total. The third kappa shape index (κ3) is 2.14. The van der Waals surface area contributed by atoms with E-state index in [1.807, 2.05) is 6.92 Å². The van der Waals surface area contributed by atoms with Gasteiger partial charge in [-0.2, -0.15) is 0 Å². The summed E-state index contributed by atoms with van der Waals surface area (Å²) >= 11 is 4.57. The molecule has 0 radical (unpaired) electrons. The first-order chi connectivity index (χ1) is 7.59. The summed E-state index contributed by atoms with van der Waals surface area (Å²) in [6.45, 7) is 1.84. The first kappa shape index (κ1) is 11.6. The summed E-state index contributed by atoms with van der Waals surface area (Å²) in [5, 5.41) is 9.37. The van der Waals surface area contributed by atoms with E-state index in [1.165, 1.54) is 17.4 Å². The molecule has 0 saturated carbocycles. The number of rotatable bonds is 2. The van der Waals surface area contributed by atoms with E-state index in [2.05, 4.69) is 26.1 Å². The van der Waals surface area contributed by atoms with E-state index in [1.54, 1.807) is 12.1 Å². The van der Waals surface area contributed by atoms with E-state index >= 15 is 0 Å². The second kappa shape index (κ2) is 4.57. The van der Waals surface area contributed by atoms with Gasteiger partial charge in [0.1, 0.15) is 15.8 Å². The minimum absolute atomic E-state index is 0.154. The fourth-order valence-electron chi connectivity index (χ4n) is 1.20. The Balaban J connectivity index is 2.47. The molecule has 1 heterocycles. The summed E-state index contributed by atoms with van der Waals surface area (Å²) in [6.07, 6.45) is 0. The number of nitrogens with two attached hydrogens (primary N) is 1. The smallest absolute Gasteiger partial charge is 0.149 e. The lowest BCUT2D eigenvalue weighted by Gasteiger charge is -2.00. The second-order valence-corrected chi connectivity index (χ2v) is 5.14. The van der Waals surface area contributed by atoms with E-state index in [-0.39, 0.29) is 11.9 Å². The fourth-order valence-corrected chi connectivity index (χ4v) is 2.61. The number of benzene rings is 1. The SMILES string of the molecule is CC(N)c1nnc(-c2cccc(F)c2Br)s1. The Hall–Kier alpha value is -0.850. The summed E-state index contributed by atoms with van der Waals surface area (Å²) in [5.74, 6) is -0.310. The largest absolute Gasteiger partial charge is 0.322 e. The molecule has 84 valence electrons. The normalized spacial score (nSPS) is 12.8. The van der Waals surface area contributed by atoms with Crippen molar-refractivity contribution in [1.29, 1.82) is 0 Å². The number of hydrogen-bond donors (Lipinski definition) is 1. The third-order valence-electron chi connectivity index (χ3n) is 2.01. The maximum Gasteiger partial charge on any atom is 0.149 e. The molecule has 1 unspecified atom stereocenters. The molecule has 2 rings (SSSR count). The standard InChI is InChI=1S/C10H9BrFN3S/c1-5(13)9-14-15-10(16-9)6-3-2-4-7(12)8(6)11/h2-5H,13H2,1H3. The van der Waals surface area contributed by atoms with Gasteiger partial charge in [-0.15, -0.1) is 10.2 Å². The number of hydrogen-bond acceptors (Lipinski definition) is 4.